The van der Waals surface area contributed by atoms with Crippen LogP contribution in [-0.4, -0.2) is 43.1 Å². The number of hydrogen-bond acceptors (Lipinski definition) is 4. The van der Waals surface area contributed by atoms with Gasteiger partial charge in [0.2, 0.25) is 5.91 Å². The Kier molecular flexibility index (Phi) is 7.43. The van der Waals surface area contributed by atoms with Crippen molar-refractivity contribution in [3.63, 3.8) is 0 Å². The number of carbonyl (C=O) groups is 2. The molecule has 138 valence electrons. The summed E-state index contributed by atoms with van der Waals surface area (Å²) in [6, 6.07) is 6.57. The second kappa shape index (κ2) is 9.56. The molecule has 1 aromatic rings. The molecule has 0 aromatic heterocycles. The van der Waals surface area contributed by atoms with Crippen molar-refractivity contribution in [2.45, 2.75) is 32.2 Å². The third-order valence-electron chi connectivity index (χ3n) is 4.53. The fourth-order valence-corrected chi connectivity index (χ4v) is 3.40. The molecule has 1 aromatic carbocycles. The van der Waals surface area contributed by atoms with E-state index in [9.17, 15) is 9.59 Å². The van der Waals surface area contributed by atoms with Gasteiger partial charge in [-0.15, -0.1) is 0 Å². The summed E-state index contributed by atoms with van der Waals surface area (Å²) in [6.45, 7) is 4.45. The maximum atomic E-state index is 12.4. The van der Waals surface area contributed by atoms with Crippen LogP contribution in [0, 0.1) is 5.92 Å². The van der Waals surface area contributed by atoms with Crippen LogP contribution in [0.1, 0.15) is 26.2 Å². The lowest BCUT2D eigenvalue weighted by Gasteiger charge is -2.32. The summed E-state index contributed by atoms with van der Waals surface area (Å²) in [4.78, 5) is 25.8. The first-order valence-electron chi connectivity index (χ1n) is 8.70. The van der Waals surface area contributed by atoms with E-state index in [0.29, 0.717) is 6.42 Å². The number of nitrogens with zero attached hydrogens (tertiary/aromatic N) is 1. The Hall–Kier alpha value is -1.89. The van der Waals surface area contributed by atoms with Crippen molar-refractivity contribution < 1.29 is 9.59 Å². The highest BCUT2D eigenvalue weighted by Crippen LogP contribution is 2.24. The molecule has 1 unspecified atom stereocenters. The fraction of sp³-hybridized carbons (Fsp3) is 0.556. The second-order valence-corrected chi connectivity index (χ2v) is 7.53. The van der Waals surface area contributed by atoms with Crippen molar-refractivity contribution in [2.24, 2.45) is 11.7 Å². The zero-order valence-electron chi connectivity index (χ0n) is 15.0. The number of urea groups is 1. The highest BCUT2D eigenvalue weighted by atomic mass is 32.2. The number of carbonyl (C=O) groups excluding carboxylic acids is 2. The number of nitrogens with one attached hydrogen (secondary N) is 2. The number of anilines is 2. The average molecular weight is 365 g/mol. The van der Waals surface area contributed by atoms with E-state index in [1.54, 1.807) is 11.8 Å². The highest BCUT2D eigenvalue weighted by molar-refractivity contribution is 7.98. The van der Waals surface area contributed by atoms with Gasteiger partial charge in [-0.3, -0.25) is 4.79 Å². The Bertz CT molecular complexity index is 571. The van der Waals surface area contributed by atoms with Gasteiger partial charge in [0.05, 0.1) is 0 Å². The Morgan fingerprint density at radius 1 is 1.28 bits per heavy atom. The van der Waals surface area contributed by atoms with E-state index in [4.69, 9.17) is 5.73 Å². The Labute approximate surface area is 153 Å². The Morgan fingerprint density at radius 2 is 1.92 bits per heavy atom. The van der Waals surface area contributed by atoms with Crippen molar-refractivity contribution >= 4 is 35.1 Å². The molecule has 2 rings (SSSR count). The number of piperidine rings is 1. The molecule has 3 amide bonds. The predicted molar refractivity (Wildman–Crippen MR) is 105 cm³/mol. The summed E-state index contributed by atoms with van der Waals surface area (Å²) >= 11 is 1.62. The smallest absolute Gasteiger partial charge is 0.312 e. The predicted octanol–water partition coefficient (Wildman–Crippen LogP) is 2.65. The van der Waals surface area contributed by atoms with E-state index in [1.807, 2.05) is 30.5 Å². The Balaban J connectivity index is 1.94. The van der Waals surface area contributed by atoms with E-state index in [0.717, 1.165) is 30.4 Å². The molecule has 0 bridgehead atoms. The van der Waals surface area contributed by atoms with Crippen LogP contribution in [0.4, 0.5) is 16.2 Å². The number of primary amides is 1. The summed E-state index contributed by atoms with van der Waals surface area (Å²) in [6.07, 6.45) is 4.93. The third-order valence-corrected chi connectivity index (χ3v) is 5.17. The van der Waals surface area contributed by atoms with Crippen LogP contribution in [0.2, 0.25) is 0 Å². The maximum absolute atomic E-state index is 12.4. The first-order valence-corrected chi connectivity index (χ1v) is 10.1. The average Bonchev–Trinajstić information content (AvgIpc) is 2.59. The van der Waals surface area contributed by atoms with Gasteiger partial charge in [0.15, 0.2) is 0 Å². The molecule has 1 heterocycles. The van der Waals surface area contributed by atoms with E-state index >= 15 is 0 Å². The van der Waals surface area contributed by atoms with Crippen molar-refractivity contribution in [1.29, 1.82) is 0 Å². The van der Waals surface area contributed by atoms with Gasteiger partial charge in [0.1, 0.15) is 6.04 Å². The normalized spacial score (nSPS) is 16.3. The van der Waals surface area contributed by atoms with Crippen molar-refractivity contribution in [3.8, 4) is 0 Å². The SMILES string of the molecule is CSCCC(NC(N)=O)C(=O)Nc1ccc(N2CCC(C)CC2)cc1. The topological polar surface area (TPSA) is 87.5 Å². The minimum Gasteiger partial charge on any atom is -0.372 e. The first-order chi connectivity index (χ1) is 12.0. The number of rotatable bonds is 7. The van der Waals surface area contributed by atoms with Gasteiger partial charge in [-0.25, -0.2) is 4.79 Å². The third kappa shape index (κ3) is 6.16. The zero-order valence-corrected chi connectivity index (χ0v) is 15.8. The molecule has 1 aliphatic rings. The molecule has 0 aliphatic carbocycles. The lowest BCUT2D eigenvalue weighted by molar-refractivity contribution is -0.117. The fourth-order valence-electron chi connectivity index (χ4n) is 2.93. The Morgan fingerprint density at radius 3 is 2.48 bits per heavy atom. The number of hydrogen-bond donors (Lipinski definition) is 3. The minimum atomic E-state index is -0.684. The van der Waals surface area contributed by atoms with E-state index < -0.39 is 12.1 Å². The second-order valence-electron chi connectivity index (χ2n) is 6.55. The van der Waals surface area contributed by atoms with E-state index in [2.05, 4.69) is 22.5 Å². The minimum absolute atomic E-state index is 0.243. The van der Waals surface area contributed by atoms with Gasteiger partial charge in [0, 0.05) is 24.5 Å². The van der Waals surface area contributed by atoms with Crippen LogP contribution in [-0.2, 0) is 4.79 Å². The molecular weight excluding hydrogens is 336 g/mol. The lowest BCUT2D eigenvalue weighted by atomic mass is 9.99. The number of amides is 3. The van der Waals surface area contributed by atoms with Gasteiger partial charge >= 0.3 is 6.03 Å². The molecule has 0 spiro atoms. The molecule has 6 nitrogen and oxygen atoms in total. The van der Waals surface area contributed by atoms with Gasteiger partial charge < -0.3 is 21.3 Å². The van der Waals surface area contributed by atoms with Gasteiger partial charge in [-0.2, -0.15) is 11.8 Å². The number of thioether (sulfide) groups is 1. The molecular formula is C18H28N4O2S. The van der Waals surface area contributed by atoms with Gasteiger partial charge in [-0.05, 0) is 61.5 Å². The molecule has 1 saturated heterocycles. The van der Waals surface area contributed by atoms with E-state index in [-0.39, 0.29) is 5.91 Å². The quantitative estimate of drug-likeness (QED) is 0.694. The molecule has 1 fully saturated rings. The lowest BCUT2D eigenvalue weighted by Crippen LogP contribution is -2.46. The summed E-state index contributed by atoms with van der Waals surface area (Å²) in [7, 11) is 0. The summed E-state index contributed by atoms with van der Waals surface area (Å²) in [5.74, 6) is 1.32. The van der Waals surface area contributed by atoms with Crippen molar-refractivity contribution in [1.82, 2.24) is 5.32 Å². The van der Waals surface area contributed by atoms with Crippen molar-refractivity contribution in [2.75, 3.05) is 35.3 Å². The van der Waals surface area contributed by atoms with Crippen LogP contribution in [0.15, 0.2) is 24.3 Å². The maximum Gasteiger partial charge on any atom is 0.312 e. The summed E-state index contributed by atoms with van der Waals surface area (Å²) in [5.41, 5.74) is 7.07. The standard InChI is InChI=1S/C18H28N4O2S/c1-13-7-10-22(11-8-13)15-5-3-14(4-6-15)20-17(23)16(9-12-25-2)21-18(19)24/h3-6,13,16H,7-12H2,1-2H3,(H,20,23)(H3,19,21,24). The molecule has 0 radical (unpaired) electrons. The monoisotopic (exact) mass is 364 g/mol. The number of benzene rings is 1. The van der Waals surface area contributed by atoms with Crippen LogP contribution in [0.3, 0.4) is 0 Å². The highest BCUT2D eigenvalue weighted by Gasteiger charge is 2.20. The first kappa shape index (κ1) is 19.4. The van der Waals surface area contributed by atoms with Crippen LogP contribution < -0.4 is 21.3 Å². The summed E-state index contributed by atoms with van der Waals surface area (Å²) in [5, 5.41) is 5.36. The molecule has 1 atom stereocenters. The van der Waals surface area contributed by atoms with Crippen molar-refractivity contribution in [3.05, 3.63) is 24.3 Å². The zero-order chi connectivity index (χ0) is 18.2. The molecule has 25 heavy (non-hydrogen) atoms. The number of nitrogens with two attached hydrogens (primary N) is 1. The van der Waals surface area contributed by atoms with Gasteiger partial charge in [-0.1, -0.05) is 6.92 Å². The van der Waals surface area contributed by atoms with Crippen LogP contribution >= 0.6 is 11.8 Å². The molecule has 1 aliphatic heterocycles. The summed E-state index contributed by atoms with van der Waals surface area (Å²) < 4.78 is 0. The van der Waals surface area contributed by atoms with Crippen LogP contribution in [0.5, 0.6) is 0 Å². The molecule has 4 N–H and O–H groups in total. The molecule has 7 heteroatoms. The van der Waals surface area contributed by atoms with E-state index in [1.165, 1.54) is 18.5 Å². The largest absolute Gasteiger partial charge is 0.372 e. The van der Waals surface area contributed by atoms with Crippen LogP contribution in [0.25, 0.3) is 0 Å². The molecule has 0 saturated carbocycles. The van der Waals surface area contributed by atoms with Gasteiger partial charge in [0.25, 0.3) is 0 Å².